The fourth-order valence-corrected chi connectivity index (χ4v) is 8.40. The van der Waals surface area contributed by atoms with E-state index in [1.165, 1.54) is 7.11 Å². The zero-order valence-corrected chi connectivity index (χ0v) is 32.2. The van der Waals surface area contributed by atoms with Crippen LogP contribution in [0.25, 0.3) is 33.5 Å². The number of amides is 2. The molecule has 2 fully saturated rings. The van der Waals surface area contributed by atoms with E-state index < -0.39 is 23.7 Å². The fourth-order valence-electron chi connectivity index (χ4n) is 8.09. The molecule has 16 heteroatoms. The van der Waals surface area contributed by atoms with Crippen LogP contribution in [0, 0.1) is 0 Å². The number of hydrogen-bond donors (Lipinski definition) is 4. The number of benzene rings is 1. The molecule has 0 unspecified atom stereocenters. The first-order valence-electron chi connectivity index (χ1n) is 19.0. The Bertz CT molecular complexity index is 2350. The molecule has 1 aromatic carbocycles. The molecule has 3 atom stereocenters. The molecule has 57 heavy (non-hydrogen) atoms. The van der Waals surface area contributed by atoms with Crippen molar-refractivity contribution in [3.63, 3.8) is 0 Å². The van der Waals surface area contributed by atoms with Crippen LogP contribution in [-0.2, 0) is 42.3 Å². The molecule has 298 valence electrons. The van der Waals surface area contributed by atoms with Gasteiger partial charge in [-0.15, -0.1) is 0 Å². The molecule has 0 spiro atoms. The fraction of sp³-hybridized carbons (Fsp3) is 0.390. The number of ether oxygens (including phenoxy) is 2. The van der Waals surface area contributed by atoms with Crippen molar-refractivity contribution in [1.29, 1.82) is 0 Å². The van der Waals surface area contributed by atoms with Gasteiger partial charge in [0.05, 0.1) is 23.5 Å². The summed E-state index contributed by atoms with van der Waals surface area (Å²) in [5.74, 6) is -0.487. The van der Waals surface area contributed by atoms with Crippen molar-refractivity contribution in [3.8, 4) is 34.3 Å². The molecule has 2 amide bonds. The number of nitrogens with one attached hydrogen (secondary N) is 4. The molecule has 4 aromatic heterocycles. The highest BCUT2D eigenvalue weighted by atomic mass is 35.5. The molecule has 5 aromatic rings. The zero-order chi connectivity index (χ0) is 39.8. The van der Waals surface area contributed by atoms with Gasteiger partial charge in [0.2, 0.25) is 23.6 Å². The predicted octanol–water partition coefficient (Wildman–Crippen LogP) is 6.18. The molecule has 2 aliphatic heterocycles. The Hall–Kier alpha value is -5.25. The lowest BCUT2D eigenvalue weighted by Gasteiger charge is -2.21. The Morgan fingerprint density at radius 2 is 1.61 bits per heavy atom. The molecule has 0 saturated carbocycles. The summed E-state index contributed by atoms with van der Waals surface area (Å²) >= 11 is 7.13. The third-order valence-electron chi connectivity index (χ3n) is 10.9. The van der Waals surface area contributed by atoms with Gasteiger partial charge in [-0.2, -0.15) is 18.2 Å². The van der Waals surface area contributed by atoms with Gasteiger partial charge in [-0.3, -0.25) is 14.6 Å². The Kier molecular flexibility index (Phi) is 10.8. The van der Waals surface area contributed by atoms with Crippen LogP contribution in [0.4, 0.5) is 13.2 Å². The number of fused-ring (bicyclic) bond motifs is 2. The van der Waals surface area contributed by atoms with Crippen molar-refractivity contribution in [2.24, 2.45) is 7.05 Å². The molecule has 0 radical (unpaired) electrons. The number of methoxy groups -OCH3 is 1. The van der Waals surface area contributed by atoms with Crippen molar-refractivity contribution >= 4 is 34.4 Å². The molecule has 1 aliphatic carbocycles. The molecular formula is C41H42ClF3N8O4. The second kappa shape index (κ2) is 15.9. The van der Waals surface area contributed by atoms with Gasteiger partial charge in [-0.25, -0.2) is 4.98 Å². The smallest absolute Gasteiger partial charge is 0.421 e. The first kappa shape index (κ1) is 38.6. The van der Waals surface area contributed by atoms with Gasteiger partial charge in [0, 0.05) is 92.6 Å². The van der Waals surface area contributed by atoms with Gasteiger partial charge in [0.1, 0.15) is 17.3 Å². The molecular weight excluding hydrogens is 761 g/mol. The Labute approximate surface area is 331 Å². The minimum absolute atomic E-state index is 0.0198. The summed E-state index contributed by atoms with van der Waals surface area (Å²) in [5, 5.41) is 13.8. The quantitative estimate of drug-likeness (QED) is 0.110. The minimum atomic E-state index is -4.74. The van der Waals surface area contributed by atoms with Crippen molar-refractivity contribution in [2.75, 3.05) is 20.2 Å². The average Bonchev–Trinajstić information content (AvgIpc) is 3.98. The Balaban J connectivity index is 1.02. The maximum Gasteiger partial charge on any atom is 0.421 e. The second-order valence-corrected chi connectivity index (χ2v) is 15.1. The number of carbonyl (C=O) groups excluding carboxylic acids is 2. The first-order valence-corrected chi connectivity index (χ1v) is 19.4. The number of alkyl halides is 3. The van der Waals surface area contributed by atoms with E-state index in [0.717, 1.165) is 45.8 Å². The summed E-state index contributed by atoms with van der Waals surface area (Å²) in [6.45, 7) is 1.78. The van der Waals surface area contributed by atoms with Gasteiger partial charge in [0.15, 0.2) is 0 Å². The van der Waals surface area contributed by atoms with E-state index in [0.29, 0.717) is 73.7 Å². The summed E-state index contributed by atoms with van der Waals surface area (Å²) in [6, 6.07) is 12.4. The molecule has 4 N–H and O–H groups in total. The van der Waals surface area contributed by atoms with Crippen LogP contribution in [0.2, 0.25) is 5.02 Å². The van der Waals surface area contributed by atoms with E-state index >= 15 is 0 Å². The van der Waals surface area contributed by atoms with Crippen molar-refractivity contribution < 1.29 is 32.2 Å². The number of nitrogens with zero attached hydrogens (tertiary/aromatic N) is 4. The second-order valence-electron chi connectivity index (χ2n) is 14.7. The lowest BCUT2D eigenvalue weighted by atomic mass is 9.98. The van der Waals surface area contributed by atoms with Crippen LogP contribution in [0.1, 0.15) is 66.0 Å². The highest BCUT2D eigenvalue weighted by molar-refractivity contribution is 6.35. The minimum Gasteiger partial charge on any atom is -0.481 e. The number of rotatable bonds is 13. The number of halogens is 4. The third-order valence-corrected chi connectivity index (χ3v) is 11.3. The van der Waals surface area contributed by atoms with Crippen molar-refractivity contribution in [2.45, 2.75) is 76.0 Å². The molecule has 6 heterocycles. The van der Waals surface area contributed by atoms with Crippen LogP contribution >= 0.6 is 11.6 Å². The van der Waals surface area contributed by atoms with Gasteiger partial charge in [0.25, 0.3) is 0 Å². The van der Waals surface area contributed by atoms with E-state index in [4.69, 9.17) is 26.1 Å². The lowest BCUT2D eigenvalue weighted by Crippen LogP contribution is -2.35. The number of carbonyl (C=O) groups is 2. The third kappa shape index (κ3) is 8.00. The normalized spacial score (nSPS) is 19.2. The van der Waals surface area contributed by atoms with E-state index in [-0.39, 0.29) is 41.9 Å². The summed E-state index contributed by atoms with van der Waals surface area (Å²) in [5.41, 5.74) is 5.38. The van der Waals surface area contributed by atoms with Gasteiger partial charge >= 0.3 is 6.18 Å². The predicted molar refractivity (Wildman–Crippen MR) is 208 cm³/mol. The Morgan fingerprint density at radius 1 is 0.895 bits per heavy atom. The number of hydrogen-bond acceptors (Lipinski definition) is 9. The van der Waals surface area contributed by atoms with Gasteiger partial charge < -0.3 is 35.3 Å². The monoisotopic (exact) mass is 802 g/mol. The molecule has 12 nitrogen and oxygen atoms in total. The summed E-state index contributed by atoms with van der Waals surface area (Å²) in [6.07, 6.45) is 1.69. The molecule has 0 bridgehead atoms. The molecule has 8 rings (SSSR count). The summed E-state index contributed by atoms with van der Waals surface area (Å²) < 4.78 is 57.0. The standard InChI is InChI=1S/C41H42ClF3N8O4/c1-53-21-23(18-47-20-25-7-13-35(55)50-25)26-8-10-32(51-38(26)53)30-14-15-48-37(36(30)42)29-5-3-4-28-27(29)9-11-33(28)57-40-31(41(43,44)45)16-22(39(52-40)56-2)17-46-19-24-6-12-34(54)49-24/h3-5,8,10,14-16,21,24-25,33,46-47H,6-7,9,11-13,17-20H2,1-2H3,(H,49,54)(H,50,55)/t24-,25-,33+/m0/s1. The van der Waals surface area contributed by atoms with Crippen LogP contribution in [0.3, 0.4) is 0 Å². The number of pyridine rings is 3. The topological polar surface area (TPSA) is 144 Å². The number of aryl methyl sites for hydroxylation is 1. The van der Waals surface area contributed by atoms with E-state index in [2.05, 4.69) is 31.2 Å². The van der Waals surface area contributed by atoms with Crippen LogP contribution in [0.15, 0.2) is 54.9 Å². The maximum atomic E-state index is 14.5. The van der Waals surface area contributed by atoms with E-state index in [1.807, 2.05) is 54.2 Å². The largest absolute Gasteiger partial charge is 0.481 e. The van der Waals surface area contributed by atoms with E-state index in [9.17, 15) is 22.8 Å². The zero-order valence-electron chi connectivity index (χ0n) is 31.4. The van der Waals surface area contributed by atoms with Crippen molar-refractivity contribution in [1.82, 2.24) is 40.8 Å². The number of aromatic nitrogens is 4. The molecule has 2 saturated heterocycles. The SMILES string of the molecule is COc1nc(O[C@@H]2CCc3c(-c4nccc(-c5ccc6c(CNC[C@@H]7CCC(=O)N7)cn(C)c6n5)c4Cl)cccc32)c(C(F)(F)F)cc1CNC[C@@H]1CCC(=O)N1. The highest BCUT2D eigenvalue weighted by Crippen LogP contribution is 2.45. The van der Waals surface area contributed by atoms with Gasteiger partial charge in [-0.05, 0) is 66.6 Å². The van der Waals surface area contributed by atoms with Crippen molar-refractivity contribution in [3.05, 3.63) is 87.7 Å². The summed E-state index contributed by atoms with van der Waals surface area (Å²) in [7, 11) is 3.30. The average molecular weight is 803 g/mol. The van der Waals surface area contributed by atoms with Crippen LogP contribution < -0.4 is 30.7 Å². The van der Waals surface area contributed by atoms with Crippen LogP contribution in [-0.4, -0.2) is 63.6 Å². The van der Waals surface area contributed by atoms with Gasteiger partial charge in [-0.1, -0.05) is 29.8 Å². The first-order chi connectivity index (χ1) is 27.5. The lowest BCUT2D eigenvalue weighted by molar-refractivity contribution is -0.139. The highest BCUT2D eigenvalue weighted by Gasteiger charge is 2.39. The van der Waals surface area contributed by atoms with E-state index in [1.54, 1.807) is 6.20 Å². The van der Waals surface area contributed by atoms with Crippen LogP contribution in [0.5, 0.6) is 11.8 Å². The Morgan fingerprint density at radius 3 is 2.28 bits per heavy atom. The summed E-state index contributed by atoms with van der Waals surface area (Å²) in [4.78, 5) is 37.0. The maximum absolute atomic E-state index is 14.5. The molecule has 3 aliphatic rings.